The van der Waals surface area contributed by atoms with E-state index >= 15 is 0 Å². The second-order valence-electron chi connectivity index (χ2n) is 14.1. The molecule has 0 aromatic heterocycles. The smallest absolute Gasteiger partial charge is 0.320 e. The van der Waals surface area contributed by atoms with Gasteiger partial charge in [-0.1, -0.05) is 30.3 Å². The highest BCUT2D eigenvalue weighted by molar-refractivity contribution is 7.91. The molecule has 238 valence electrons. The minimum absolute atomic E-state index is 0.0222. The fourth-order valence-corrected chi connectivity index (χ4v) is 10.3. The Bertz CT molecular complexity index is 1220. The molecular weight excluding hydrogens is 564 g/mol. The molecule has 0 aliphatic carbocycles. The van der Waals surface area contributed by atoms with E-state index in [4.69, 9.17) is 4.74 Å². The maximum absolute atomic E-state index is 13.8. The molecule has 1 N–H and O–H groups in total. The van der Waals surface area contributed by atoms with Crippen molar-refractivity contribution in [3.63, 3.8) is 0 Å². The van der Waals surface area contributed by atoms with Crippen LogP contribution >= 0.6 is 0 Å². The van der Waals surface area contributed by atoms with Gasteiger partial charge in [-0.05, 0) is 83.1 Å². The number of urea groups is 1. The van der Waals surface area contributed by atoms with Gasteiger partial charge in [-0.25, -0.2) is 13.2 Å². The minimum atomic E-state index is -3.01. The molecule has 9 nitrogen and oxygen atoms in total. The van der Waals surface area contributed by atoms with Gasteiger partial charge in [-0.15, -0.1) is 0 Å². The zero-order chi connectivity index (χ0) is 30.2. The highest BCUT2D eigenvalue weighted by Gasteiger charge is 2.57. The predicted octanol–water partition coefficient (Wildman–Crippen LogP) is 4.00. The Hall–Kier alpha value is -2.17. The molecule has 3 atom stereocenters. The van der Waals surface area contributed by atoms with Crippen molar-refractivity contribution in [2.24, 2.45) is 11.8 Å². The van der Waals surface area contributed by atoms with Crippen molar-refractivity contribution in [2.45, 2.75) is 101 Å². The van der Waals surface area contributed by atoms with Crippen molar-refractivity contribution in [2.75, 3.05) is 44.4 Å². The zero-order valence-corrected chi connectivity index (χ0v) is 26.8. The Labute approximate surface area is 257 Å². The monoisotopic (exact) mass is 614 g/mol. The van der Waals surface area contributed by atoms with Gasteiger partial charge in [0.25, 0.3) is 0 Å². The average Bonchev–Trinajstić information content (AvgIpc) is 3.39. The highest BCUT2D eigenvalue weighted by atomic mass is 32.2. The number of hydrogen-bond donors (Lipinski definition) is 1. The maximum Gasteiger partial charge on any atom is 0.320 e. The van der Waals surface area contributed by atoms with E-state index < -0.39 is 9.84 Å². The van der Waals surface area contributed by atoms with Crippen LogP contribution in [0.4, 0.5) is 4.79 Å². The number of rotatable bonds is 9. The van der Waals surface area contributed by atoms with Gasteiger partial charge < -0.3 is 19.9 Å². The molecule has 5 fully saturated rings. The highest BCUT2D eigenvalue weighted by Crippen LogP contribution is 2.48. The molecule has 1 aromatic rings. The summed E-state index contributed by atoms with van der Waals surface area (Å²) in [6.07, 6.45) is 8.04. The van der Waals surface area contributed by atoms with Crippen LogP contribution in [0.1, 0.15) is 83.2 Å². The third-order valence-corrected chi connectivity index (χ3v) is 12.6. The van der Waals surface area contributed by atoms with E-state index in [1.807, 2.05) is 18.2 Å². The summed E-state index contributed by atoms with van der Waals surface area (Å²) in [5.41, 5.74) is 0.990. The van der Waals surface area contributed by atoms with Crippen LogP contribution in [-0.2, 0) is 19.4 Å². The molecule has 1 aromatic carbocycles. The van der Waals surface area contributed by atoms with Crippen molar-refractivity contribution in [3.8, 4) is 0 Å². The van der Waals surface area contributed by atoms with Crippen molar-refractivity contribution >= 4 is 21.8 Å². The van der Waals surface area contributed by atoms with Crippen LogP contribution in [0, 0.1) is 11.8 Å². The first-order valence-electron chi connectivity index (χ1n) is 16.6. The van der Waals surface area contributed by atoms with Gasteiger partial charge in [0.1, 0.15) is 9.84 Å². The number of hydrogen-bond acceptors (Lipinski definition) is 6. The molecule has 5 aliphatic heterocycles. The Morgan fingerprint density at radius 3 is 2.28 bits per heavy atom. The first-order chi connectivity index (χ1) is 20.6. The van der Waals surface area contributed by atoms with Crippen molar-refractivity contribution in [3.05, 3.63) is 35.9 Å². The number of fused-ring (bicyclic) bond motifs is 2. The number of nitrogens with one attached hydrogen (secondary N) is 1. The van der Waals surface area contributed by atoms with Crippen molar-refractivity contribution in [1.29, 1.82) is 0 Å². The number of carbonyl (C=O) groups excluding carboxylic acids is 2. The molecule has 5 aliphatic rings. The number of ether oxygens (including phenoxy) is 1. The number of amides is 3. The lowest BCUT2D eigenvalue weighted by Gasteiger charge is -2.49. The van der Waals surface area contributed by atoms with Gasteiger partial charge in [0.05, 0.1) is 23.1 Å². The summed E-state index contributed by atoms with van der Waals surface area (Å²) < 4.78 is 29.4. The standard InChI is InChI=1S/C33H50N4O5S/c1-24(2)37-32(39)35(22-25-11-16-42-17-12-25)23-33(37)20-28-8-9-29(21-33)36(28)15-10-30(26-6-4-3-5-7-26)34-31(38)27-13-18-43(40,41)19-14-27/h3-7,24-25,27-30H,8-23H2,1-2H3,(H,34,38)/t28?,29?,30-,33?/m0/s1. The SMILES string of the molecule is CC(C)N1C(=O)N(CC2CCOCC2)CC12CC1CCC(C2)N1CC[C@H](NC(=O)C1CCS(=O)(=O)CC1)c1ccccc1. The normalized spacial score (nSPS) is 30.8. The molecule has 2 bridgehead atoms. The summed E-state index contributed by atoms with van der Waals surface area (Å²) in [5.74, 6) is 0.463. The molecule has 0 radical (unpaired) electrons. The molecule has 10 heteroatoms. The molecule has 2 unspecified atom stereocenters. The van der Waals surface area contributed by atoms with E-state index in [-0.39, 0.29) is 47.0 Å². The summed E-state index contributed by atoms with van der Waals surface area (Å²) in [4.78, 5) is 34.1. The molecule has 5 heterocycles. The lowest BCUT2D eigenvalue weighted by atomic mass is 9.81. The number of benzene rings is 1. The molecule has 43 heavy (non-hydrogen) atoms. The first-order valence-corrected chi connectivity index (χ1v) is 18.4. The molecule has 6 rings (SSSR count). The number of sulfone groups is 1. The summed E-state index contributed by atoms with van der Waals surface area (Å²) in [6, 6.07) is 11.3. The first kappa shape index (κ1) is 30.8. The molecule has 3 amide bonds. The minimum Gasteiger partial charge on any atom is -0.381 e. The quantitative estimate of drug-likeness (QED) is 0.452. The van der Waals surface area contributed by atoms with Gasteiger partial charge >= 0.3 is 6.03 Å². The van der Waals surface area contributed by atoms with Crippen molar-refractivity contribution in [1.82, 2.24) is 20.0 Å². The molecule has 1 spiro atoms. The number of piperidine rings is 1. The predicted molar refractivity (Wildman–Crippen MR) is 166 cm³/mol. The van der Waals surface area contributed by atoms with E-state index in [0.29, 0.717) is 30.8 Å². The van der Waals surface area contributed by atoms with Crippen LogP contribution in [-0.4, -0.2) is 103 Å². The van der Waals surface area contributed by atoms with E-state index in [1.165, 1.54) is 0 Å². The summed E-state index contributed by atoms with van der Waals surface area (Å²) in [7, 11) is -3.01. The Balaban J connectivity index is 1.12. The number of nitrogens with zero attached hydrogens (tertiary/aromatic N) is 3. The van der Waals surface area contributed by atoms with Crippen LogP contribution < -0.4 is 5.32 Å². The fraction of sp³-hybridized carbons (Fsp3) is 0.758. The number of carbonyl (C=O) groups is 2. The third kappa shape index (κ3) is 6.61. The zero-order valence-electron chi connectivity index (χ0n) is 26.0. The van der Waals surface area contributed by atoms with Gasteiger partial charge in [0.15, 0.2) is 0 Å². The summed E-state index contributed by atoms with van der Waals surface area (Å²) in [6.45, 7) is 8.52. The van der Waals surface area contributed by atoms with Gasteiger partial charge in [0.2, 0.25) is 5.91 Å². The third-order valence-electron chi connectivity index (χ3n) is 10.9. The lowest BCUT2D eigenvalue weighted by Crippen LogP contribution is -2.60. The van der Waals surface area contributed by atoms with Crippen LogP contribution in [0.15, 0.2) is 30.3 Å². The molecule has 5 saturated heterocycles. The van der Waals surface area contributed by atoms with E-state index in [2.05, 4.69) is 46.0 Å². The summed E-state index contributed by atoms with van der Waals surface area (Å²) >= 11 is 0. The van der Waals surface area contributed by atoms with Gasteiger partial charge in [0, 0.05) is 56.9 Å². The van der Waals surface area contributed by atoms with Gasteiger partial charge in [-0.3, -0.25) is 9.69 Å². The van der Waals surface area contributed by atoms with E-state index in [9.17, 15) is 18.0 Å². The Morgan fingerprint density at radius 1 is 1.00 bits per heavy atom. The van der Waals surface area contributed by atoms with Gasteiger partial charge in [-0.2, -0.15) is 0 Å². The van der Waals surface area contributed by atoms with E-state index in [0.717, 1.165) is 83.4 Å². The Kier molecular flexibility index (Phi) is 9.09. The fourth-order valence-electron chi connectivity index (χ4n) is 8.84. The molecular formula is C33H50N4O5S. The second kappa shape index (κ2) is 12.7. The lowest BCUT2D eigenvalue weighted by molar-refractivity contribution is -0.126. The van der Waals surface area contributed by atoms with Crippen LogP contribution in [0.3, 0.4) is 0 Å². The van der Waals surface area contributed by atoms with Crippen LogP contribution in [0.5, 0.6) is 0 Å². The molecule has 0 saturated carbocycles. The van der Waals surface area contributed by atoms with E-state index in [1.54, 1.807) is 0 Å². The van der Waals surface area contributed by atoms with Crippen LogP contribution in [0.25, 0.3) is 0 Å². The Morgan fingerprint density at radius 2 is 1.65 bits per heavy atom. The van der Waals surface area contributed by atoms with Crippen molar-refractivity contribution < 1.29 is 22.7 Å². The average molecular weight is 615 g/mol. The maximum atomic E-state index is 13.8. The largest absolute Gasteiger partial charge is 0.381 e. The second-order valence-corrected chi connectivity index (χ2v) is 16.4. The topological polar surface area (TPSA) is 99.3 Å². The summed E-state index contributed by atoms with van der Waals surface area (Å²) in [5, 5.41) is 3.31. The van der Waals surface area contributed by atoms with Crippen LogP contribution in [0.2, 0.25) is 0 Å².